The summed E-state index contributed by atoms with van der Waals surface area (Å²) in [5.74, 6) is -0.364. The minimum absolute atomic E-state index is 0. The maximum atomic E-state index is 13.5. The molecule has 8 nitrogen and oxygen atoms in total. The number of benzene rings is 2. The molecule has 3 N–H and O–H groups in total. The van der Waals surface area contributed by atoms with E-state index in [4.69, 9.17) is 15.2 Å². The molecule has 3 aromatic rings. The number of alkyl halides is 3. The lowest BCUT2D eigenvalue weighted by Crippen LogP contribution is -2.35. The monoisotopic (exact) mass is 553 g/mol. The van der Waals surface area contributed by atoms with E-state index in [0.29, 0.717) is 17.5 Å². The third kappa shape index (κ3) is 6.28. The molecule has 2 aromatic carbocycles. The van der Waals surface area contributed by atoms with Gasteiger partial charge in [0.2, 0.25) is 0 Å². The van der Waals surface area contributed by atoms with Gasteiger partial charge in [0.05, 0.1) is 12.1 Å². The largest absolute Gasteiger partial charge is 0.461 e. The number of rotatable bonds is 7. The fourth-order valence-corrected chi connectivity index (χ4v) is 4.23. The average molecular weight is 554 g/mol. The highest BCUT2D eigenvalue weighted by atomic mass is 35.5. The van der Waals surface area contributed by atoms with Gasteiger partial charge in [0.15, 0.2) is 6.10 Å². The van der Waals surface area contributed by atoms with E-state index in [1.165, 1.54) is 35.2 Å². The molecule has 0 saturated carbocycles. The Labute approximate surface area is 222 Å². The molecule has 2 heterocycles. The summed E-state index contributed by atoms with van der Waals surface area (Å²) >= 11 is 0. The van der Waals surface area contributed by atoms with Gasteiger partial charge in [0.25, 0.3) is 5.56 Å². The van der Waals surface area contributed by atoms with E-state index in [1.807, 2.05) is 13.8 Å². The van der Waals surface area contributed by atoms with Crippen molar-refractivity contribution in [1.29, 1.82) is 0 Å². The van der Waals surface area contributed by atoms with Crippen LogP contribution in [0.5, 0.6) is 0 Å². The first kappa shape index (κ1) is 29.0. The smallest absolute Gasteiger partial charge is 0.417 e. The van der Waals surface area contributed by atoms with Crippen molar-refractivity contribution in [2.24, 2.45) is 11.7 Å². The zero-order chi connectivity index (χ0) is 26.9. The van der Waals surface area contributed by atoms with Crippen LogP contribution in [0.3, 0.4) is 0 Å². The molecule has 0 radical (unpaired) electrons. The Balaban J connectivity index is 0.00000400. The second kappa shape index (κ2) is 11.4. The second-order valence-electron chi connectivity index (χ2n) is 9.31. The molecule has 38 heavy (non-hydrogen) atoms. The predicted molar refractivity (Wildman–Crippen MR) is 138 cm³/mol. The Hall–Kier alpha value is -3.57. The van der Waals surface area contributed by atoms with Crippen LogP contribution in [-0.4, -0.2) is 42.3 Å². The first-order valence-corrected chi connectivity index (χ1v) is 11.7. The van der Waals surface area contributed by atoms with Gasteiger partial charge in [-0.2, -0.15) is 13.2 Å². The highest BCUT2D eigenvalue weighted by Crippen LogP contribution is 2.36. The Morgan fingerprint density at radius 2 is 1.89 bits per heavy atom. The van der Waals surface area contributed by atoms with Crippen LogP contribution in [0.2, 0.25) is 0 Å². The quantitative estimate of drug-likeness (QED) is 0.403. The summed E-state index contributed by atoms with van der Waals surface area (Å²) in [4.78, 5) is 41.1. The minimum Gasteiger partial charge on any atom is -0.461 e. The molecule has 1 aliphatic rings. The van der Waals surface area contributed by atoms with Crippen LogP contribution >= 0.6 is 12.4 Å². The molecule has 0 aliphatic carbocycles. The number of hydrogen-bond acceptors (Lipinski definition) is 6. The van der Waals surface area contributed by atoms with Crippen molar-refractivity contribution in [1.82, 2.24) is 4.98 Å². The van der Waals surface area contributed by atoms with Crippen LogP contribution in [0.4, 0.5) is 23.7 Å². The number of nitrogens with two attached hydrogens (primary N) is 1. The lowest BCUT2D eigenvalue weighted by molar-refractivity contribution is -0.148. The molecule has 1 fully saturated rings. The van der Waals surface area contributed by atoms with Gasteiger partial charge in [-0.1, -0.05) is 38.1 Å². The molecule has 4 rings (SSSR count). The Morgan fingerprint density at radius 1 is 1.18 bits per heavy atom. The molecule has 0 spiro atoms. The van der Waals surface area contributed by atoms with E-state index in [0.717, 1.165) is 6.07 Å². The predicted octanol–water partition coefficient (Wildman–Crippen LogP) is 4.88. The van der Waals surface area contributed by atoms with Crippen LogP contribution in [0.25, 0.3) is 22.0 Å². The minimum atomic E-state index is -4.59. The normalized spacial score (nSPS) is 16.3. The topological polar surface area (TPSA) is 115 Å². The summed E-state index contributed by atoms with van der Waals surface area (Å²) in [6.45, 7) is 3.77. The molecule has 2 atom stereocenters. The molecular weight excluding hydrogens is 527 g/mol. The first-order valence-electron chi connectivity index (χ1n) is 11.7. The van der Waals surface area contributed by atoms with E-state index in [1.54, 1.807) is 12.1 Å². The van der Waals surface area contributed by atoms with E-state index in [2.05, 4.69) is 4.98 Å². The van der Waals surface area contributed by atoms with Crippen LogP contribution in [-0.2, 0) is 20.4 Å². The van der Waals surface area contributed by atoms with Crippen LogP contribution in [0.15, 0.2) is 53.3 Å². The molecule has 1 amide bonds. The number of hydrogen-bond donors (Lipinski definition) is 2. The number of fused-ring (bicyclic) bond motifs is 1. The van der Waals surface area contributed by atoms with Gasteiger partial charge in [0, 0.05) is 22.3 Å². The highest BCUT2D eigenvalue weighted by Gasteiger charge is 2.35. The lowest BCUT2D eigenvalue weighted by Gasteiger charge is -2.16. The average Bonchev–Trinajstić information content (AvgIpc) is 3.21. The standard InChI is InChI=1S/C26H26F3N3O5.ClH/c1-14(2)9-21(30)24(34)36-13-17-12-32(25(35)37-17)16-8-7-15-10-22(31-23(33)19(15)11-16)18-5-3-4-6-20(18)26(27,28)29;/h3-8,10-11,14,17,21H,9,12-13,30H2,1-2H3,(H,31,33);1H/t17-,21+;/m1./s1. The number of esters is 1. The second-order valence-corrected chi connectivity index (χ2v) is 9.31. The number of anilines is 1. The summed E-state index contributed by atoms with van der Waals surface area (Å²) in [6, 6.07) is 10.2. The fourth-order valence-electron chi connectivity index (χ4n) is 4.23. The van der Waals surface area contributed by atoms with Gasteiger partial charge in [-0.05, 0) is 42.0 Å². The van der Waals surface area contributed by atoms with Crippen molar-refractivity contribution < 1.29 is 32.2 Å². The molecular formula is C26H27ClF3N3O5. The Kier molecular flexibility index (Phi) is 8.73. The van der Waals surface area contributed by atoms with E-state index in [-0.39, 0.29) is 48.1 Å². The van der Waals surface area contributed by atoms with E-state index >= 15 is 0 Å². The number of H-pyrrole nitrogens is 1. The number of carbonyl (C=O) groups excluding carboxylic acids is 2. The summed E-state index contributed by atoms with van der Waals surface area (Å²) in [7, 11) is 0. The number of carbonyl (C=O) groups is 2. The SMILES string of the molecule is CC(C)C[C@H](N)C(=O)OC[C@H]1CN(c2ccc3cc(-c4ccccc4C(F)(F)F)[nH]c(=O)c3c2)C(=O)O1.Cl. The van der Waals surface area contributed by atoms with Crippen molar-refractivity contribution in [3.63, 3.8) is 0 Å². The third-order valence-electron chi connectivity index (χ3n) is 5.98. The van der Waals surface area contributed by atoms with Gasteiger partial charge in [-0.15, -0.1) is 12.4 Å². The van der Waals surface area contributed by atoms with E-state index < -0.39 is 41.5 Å². The maximum Gasteiger partial charge on any atom is 0.417 e. The summed E-state index contributed by atoms with van der Waals surface area (Å²) in [6.07, 6.45) is -5.53. The third-order valence-corrected chi connectivity index (χ3v) is 5.98. The number of amides is 1. The molecule has 0 unspecified atom stereocenters. The molecule has 0 bridgehead atoms. The van der Waals surface area contributed by atoms with Crippen molar-refractivity contribution in [3.8, 4) is 11.3 Å². The number of halogens is 4. The zero-order valence-electron chi connectivity index (χ0n) is 20.6. The number of aromatic nitrogens is 1. The number of ether oxygens (including phenoxy) is 2. The van der Waals surface area contributed by atoms with Crippen molar-refractivity contribution in [2.75, 3.05) is 18.1 Å². The molecule has 1 saturated heterocycles. The van der Waals surface area contributed by atoms with Crippen molar-refractivity contribution in [3.05, 3.63) is 64.4 Å². The fraction of sp³-hybridized carbons (Fsp3) is 0.346. The number of pyridine rings is 1. The lowest BCUT2D eigenvalue weighted by atomic mass is 10.0. The number of aromatic amines is 1. The van der Waals surface area contributed by atoms with Crippen molar-refractivity contribution in [2.45, 2.75) is 38.6 Å². The van der Waals surface area contributed by atoms with Crippen molar-refractivity contribution >= 4 is 40.9 Å². The van der Waals surface area contributed by atoms with Crippen LogP contribution in [0.1, 0.15) is 25.8 Å². The summed E-state index contributed by atoms with van der Waals surface area (Å²) in [5.41, 5.74) is 4.58. The maximum absolute atomic E-state index is 13.5. The highest BCUT2D eigenvalue weighted by molar-refractivity contribution is 5.95. The van der Waals surface area contributed by atoms with Gasteiger partial charge in [0.1, 0.15) is 12.6 Å². The van der Waals surface area contributed by atoms with Crippen LogP contribution < -0.4 is 16.2 Å². The number of nitrogens with one attached hydrogen (secondary N) is 1. The number of nitrogens with zero attached hydrogens (tertiary/aromatic N) is 1. The van der Waals surface area contributed by atoms with Gasteiger partial charge in [-0.3, -0.25) is 14.5 Å². The summed E-state index contributed by atoms with van der Waals surface area (Å²) in [5, 5.41) is 0.588. The Bertz CT molecular complexity index is 1390. The first-order chi connectivity index (χ1) is 17.4. The van der Waals surface area contributed by atoms with Crippen LogP contribution in [0, 0.1) is 5.92 Å². The molecule has 204 valence electrons. The van der Waals surface area contributed by atoms with Gasteiger partial charge >= 0.3 is 18.2 Å². The van der Waals surface area contributed by atoms with Gasteiger partial charge < -0.3 is 20.2 Å². The molecule has 12 heteroatoms. The molecule has 1 aromatic heterocycles. The zero-order valence-corrected chi connectivity index (χ0v) is 21.4. The number of cyclic esters (lactones) is 1. The summed E-state index contributed by atoms with van der Waals surface area (Å²) < 4.78 is 50.8. The Morgan fingerprint density at radius 3 is 2.58 bits per heavy atom. The molecule has 1 aliphatic heterocycles. The van der Waals surface area contributed by atoms with E-state index in [9.17, 15) is 27.6 Å². The van der Waals surface area contributed by atoms with Gasteiger partial charge in [-0.25, -0.2) is 4.79 Å².